The molecule has 1 aliphatic rings. The molecule has 1 amide bonds. The Balaban J connectivity index is 1.55. The van der Waals surface area contributed by atoms with E-state index in [4.69, 9.17) is 4.74 Å². The third-order valence-corrected chi connectivity index (χ3v) is 5.86. The van der Waals surface area contributed by atoms with Gasteiger partial charge in [-0.3, -0.25) is 4.79 Å². The van der Waals surface area contributed by atoms with Crippen molar-refractivity contribution in [2.75, 3.05) is 11.9 Å². The number of nitrogens with zero attached hydrogens (tertiary/aromatic N) is 3. The maximum Gasteiger partial charge on any atom is 0.229 e. The minimum absolute atomic E-state index is 0.169. The quantitative estimate of drug-likeness (QED) is 0.578. The fourth-order valence-corrected chi connectivity index (χ4v) is 3.84. The first kappa shape index (κ1) is 20.4. The number of nitrogens with one attached hydrogen (secondary N) is 1. The van der Waals surface area contributed by atoms with Crippen molar-refractivity contribution in [3.63, 3.8) is 0 Å². The smallest absolute Gasteiger partial charge is 0.229 e. The number of hydrogen-bond donors (Lipinski definition) is 1. The molecule has 1 N–H and O–H groups in total. The molecule has 30 heavy (non-hydrogen) atoms. The second kappa shape index (κ2) is 8.10. The first-order chi connectivity index (χ1) is 14.4. The number of carbonyl (C=O) groups excluding carboxylic acids is 1. The Morgan fingerprint density at radius 3 is 2.63 bits per heavy atom. The monoisotopic (exact) mass is 470 g/mol. The van der Waals surface area contributed by atoms with Crippen LogP contribution in [0.5, 0.6) is 5.75 Å². The lowest BCUT2D eigenvalue weighted by Gasteiger charge is -2.20. The van der Waals surface area contributed by atoms with Crippen LogP contribution < -0.4 is 10.1 Å². The summed E-state index contributed by atoms with van der Waals surface area (Å²) in [6.45, 7) is 4.01. The van der Waals surface area contributed by atoms with Crippen LogP contribution in [0.4, 0.5) is 10.2 Å². The molecule has 1 aliphatic carbocycles. The van der Waals surface area contributed by atoms with E-state index in [0.29, 0.717) is 30.4 Å². The zero-order chi connectivity index (χ0) is 21.3. The van der Waals surface area contributed by atoms with Crippen molar-refractivity contribution in [1.29, 1.82) is 0 Å². The highest BCUT2D eigenvalue weighted by Gasteiger charge is 2.60. The van der Waals surface area contributed by atoms with Gasteiger partial charge in [0.15, 0.2) is 5.75 Å². The highest BCUT2D eigenvalue weighted by atomic mass is 79.9. The summed E-state index contributed by atoms with van der Waals surface area (Å²) in [6, 6.07) is 10.6. The maximum atomic E-state index is 13.1. The van der Waals surface area contributed by atoms with Gasteiger partial charge in [-0.25, -0.2) is 19.3 Å². The number of anilines is 1. The number of aromatic nitrogens is 3. The van der Waals surface area contributed by atoms with Crippen LogP contribution in [0, 0.1) is 25.6 Å². The van der Waals surface area contributed by atoms with E-state index in [-0.39, 0.29) is 11.8 Å². The van der Waals surface area contributed by atoms with E-state index >= 15 is 0 Å². The Bertz CT molecular complexity index is 1080. The molecule has 6 nitrogen and oxygen atoms in total. The first-order valence-corrected chi connectivity index (χ1v) is 10.3. The Morgan fingerprint density at radius 1 is 1.20 bits per heavy atom. The number of amides is 1. The first-order valence-electron chi connectivity index (χ1n) is 9.49. The van der Waals surface area contributed by atoms with E-state index in [2.05, 4.69) is 36.2 Å². The topological polar surface area (TPSA) is 77.0 Å². The minimum atomic E-state index is -0.470. The summed E-state index contributed by atoms with van der Waals surface area (Å²) >= 11 is 3.45. The molecule has 0 bridgehead atoms. The van der Waals surface area contributed by atoms with Gasteiger partial charge >= 0.3 is 0 Å². The van der Waals surface area contributed by atoms with Gasteiger partial charge < -0.3 is 10.1 Å². The molecule has 2 atom stereocenters. The summed E-state index contributed by atoms with van der Waals surface area (Å²) in [5.74, 6) is 0.686. The van der Waals surface area contributed by atoms with Crippen LogP contribution in [0.3, 0.4) is 0 Å². The molecule has 8 heteroatoms. The van der Waals surface area contributed by atoms with Crippen molar-refractivity contribution in [2.24, 2.45) is 5.92 Å². The highest BCUT2D eigenvalue weighted by molar-refractivity contribution is 9.10. The van der Waals surface area contributed by atoms with Crippen LogP contribution in [0.1, 0.15) is 23.5 Å². The average molecular weight is 471 g/mol. The zero-order valence-corrected chi connectivity index (χ0v) is 18.1. The number of benzene rings is 1. The second-order valence-electron chi connectivity index (χ2n) is 7.43. The van der Waals surface area contributed by atoms with Gasteiger partial charge in [0.05, 0.1) is 30.6 Å². The number of aryl methyl sites for hydroxylation is 2. The number of halogens is 2. The summed E-state index contributed by atoms with van der Waals surface area (Å²) in [6.07, 6.45) is 3.37. The van der Waals surface area contributed by atoms with Gasteiger partial charge in [0.25, 0.3) is 0 Å². The predicted octanol–water partition coefficient (Wildman–Crippen LogP) is 4.37. The highest BCUT2D eigenvalue weighted by Crippen LogP contribution is 2.55. The third kappa shape index (κ3) is 4.18. The van der Waals surface area contributed by atoms with E-state index in [9.17, 15) is 9.18 Å². The van der Waals surface area contributed by atoms with Gasteiger partial charge in [-0.2, -0.15) is 0 Å². The molecular formula is C22H20BrFN4O2. The van der Waals surface area contributed by atoms with Crippen molar-refractivity contribution in [1.82, 2.24) is 15.0 Å². The van der Waals surface area contributed by atoms with Crippen LogP contribution in [-0.4, -0.2) is 27.5 Å². The lowest BCUT2D eigenvalue weighted by molar-refractivity contribution is -0.117. The predicted molar refractivity (Wildman–Crippen MR) is 114 cm³/mol. The Hall–Kier alpha value is -2.87. The van der Waals surface area contributed by atoms with Gasteiger partial charge in [0, 0.05) is 9.89 Å². The normalized spacial score (nSPS) is 19.9. The van der Waals surface area contributed by atoms with Crippen molar-refractivity contribution in [3.8, 4) is 5.75 Å². The number of ether oxygens (including phenoxy) is 1. The van der Waals surface area contributed by atoms with Crippen molar-refractivity contribution in [3.05, 3.63) is 76.2 Å². The van der Waals surface area contributed by atoms with Gasteiger partial charge in [-0.05, 0) is 50.1 Å². The van der Waals surface area contributed by atoms with Crippen molar-refractivity contribution in [2.45, 2.75) is 25.7 Å². The molecule has 0 aliphatic heterocycles. The van der Waals surface area contributed by atoms with Crippen LogP contribution in [0.2, 0.25) is 0 Å². The van der Waals surface area contributed by atoms with Crippen molar-refractivity contribution < 1.29 is 13.9 Å². The van der Waals surface area contributed by atoms with E-state index in [0.717, 1.165) is 21.9 Å². The lowest BCUT2D eigenvalue weighted by atomic mass is 9.93. The number of pyridine rings is 1. The lowest BCUT2D eigenvalue weighted by Crippen LogP contribution is -2.27. The molecule has 0 unspecified atom stereocenters. The molecule has 154 valence electrons. The summed E-state index contributed by atoms with van der Waals surface area (Å²) in [5, 5.41) is 2.78. The Morgan fingerprint density at radius 2 is 1.97 bits per heavy atom. The standard InChI is InChI=1S/C22H20BrFN4O2/c1-13-19(11-25-14(2)27-13)30-12-22(15-3-5-16(23)6-4-15)9-18(22)21(29)28-20-8-7-17(24)10-26-20/h3-8,10-11,18H,9,12H2,1-2H3,(H,26,28,29)/t18-,22+/m0/s1. The van der Waals surface area contributed by atoms with Gasteiger partial charge in [-0.15, -0.1) is 0 Å². The zero-order valence-electron chi connectivity index (χ0n) is 16.5. The summed E-state index contributed by atoms with van der Waals surface area (Å²) < 4.78 is 20.1. The fraction of sp³-hybridized carbons (Fsp3) is 0.273. The van der Waals surface area contributed by atoms with E-state index in [1.54, 1.807) is 6.20 Å². The molecule has 0 saturated heterocycles. The Labute approximate surface area is 182 Å². The Kier molecular flexibility index (Phi) is 5.51. The molecule has 3 aromatic rings. The molecule has 1 fully saturated rings. The van der Waals surface area contributed by atoms with Gasteiger partial charge in [-0.1, -0.05) is 28.1 Å². The van der Waals surface area contributed by atoms with Gasteiger partial charge in [0.1, 0.15) is 17.5 Å². The summed E-state index contributed by atoms with van der Waals surface area (Å²) in [4.78, 5) is 25.4. The molecule has 0 radical (unpaired) electrons. The number of rotatable bonds is 6. The number of hydrogen-bond acceptors (Lipinski definition) is 5. The summed E-state index contributed by atoms with van der Waals surface area (Å²) in [5.41, 5.74) is 1.30. The SMILES string of the molecule is Cc1ncc(OC[C@@]2(c3ccc(Br)cc3)C[C@H]2C(=O)Nc2ccc(F)cn2)c(C)n1. The van der Waals surface area contributed by atoms with Crippen LogP contribution in [-0.2, 0) is 10.2 Å². The third-order valence-electron chi connectivity index (χ3n) is 5.33. The average Bonchev–Trinajstić information content (AvgIpc) is 3.45. The fourth-order valence-electron chi connectivity index (χ4n) is 3.58. The van der Waals surface area contributed by atoms with E-state index in [1.165, 1.54) is 12.1 Å². The number of carbonyl (C=O) groups is 1. The molecule has 0 spiro atoms. The van der Waals surface area contributed by atoms with Gasteiger partial charge in [0.2, 0.25) is 5.91 Å². The van der Waals surface area contributed by atoms with Crippen LogP contribution in [0.25, 0.3) is 0 Å². The molecule has 2 aromatic heterocycles. The molecular weight excluding hydrogens is 451 g/mol. The summed E-state index contributed by atoms with van der Waals surface area (Å²) in [7, 11) is 0. The largest absolute Gasteiger partial charge is 0.489 e. The second-order valence-corrected chi connectivity index (χ2v) is 8.34. The maximum absolute atomic E-state index is 13.1. The van der Waals surface area contributed by atoms with Crippen molar-refractivity contribution >= 4 is 27.7 Å². The molecule has 1 aromatic carbocycles. The van der Waals surface area contributed by atoms with E-state index < -0.39 is 11.2 Å². The molecule has 2 heterocycles. The van der Waals surface area contributed by atoms with Crippen LogP contribution >= 0.6 is 15.9 Å². The molecule has 4 rings (SSSR count). The minimum Gasteiger partial charge on any atom is -0.489 e. The molecule has 1 saturated carbocycles. The van der Waals surface area contributed by atoms with E-state index in [1.807, 2.05) is 38.1 Å². The van der Waals surface area contributed by atoms with Crippen LogP contribution in [0.15, 0.2) is 53.3 Å².